The first-order valence-electron chi connectivity index (χ1n) is 7.06. The Bertz CT molecular complexity index is 852. The molecule has 0 spiro atoms. The van der Waals surface area contributed by atoms with Gasteiger partial charge in [0, 0.05) is 23.8 Å². The highest BCUT2D eigenvalue weighted by Gasteiger charge is 2.22. The Hall–Kier alpha value is -2.42. The number of benzene rings is 1. The van der Waals surface area contributed by atoms with E-state index in [0.29, 0.717) is 5.69 Å². The highest BCUT2D eigenvalue weighted by atomic mass is 32.3. The summed E-state index contributed by atoms with van der Waals surface area (Å²) in [4.78, 5) is 12.2. The molecule has 0 fully saturated rings. The molecule has 0 aliphatic heterocycles. The van der Waals surface area contributed by atoms with E-state index in [-0.39, 0.29) is 16.9 Å². The maximum absolute atomic E-state index is 12.4. The number of anilines is 1. The van der Waals surface area contributed by atoms with E-state index in [0.717, 1.165) is 5.69 Å². The predicted octanol–water partition coefficient (Wildman–Crippen LogP) is 2.56. The summed E-state index contributed by atoms with van der Waals surface area (Å²) in [5.74, 6) is -0.601. The molecule has 0 unspecified atom stereocenters. The molecule has 7 nitrogen and oxygen atoms in total. The molecule has 1 aromatic heterocycles. The van der Waals surface area contributed by atoms with Crippen LogP contribution in [0.2, 0.25) is 0 Å². The van der Waals surface area contributed by atoms with E-state index in [9.17, 15) is 17.1 Å². The van der Waals surface area contributed by atoms with Crippen molar-refractivity contribution in [2.45, 2.75) is 26.2 Å². The molecule has 0 bridgehead atoms. The fourth-order valence-corrected chi connectivity index (χ4v) is 2.53. The van der Waals surface area contributed by atoms with Crippen LogP contribution in [0.5, 0.6) is 5.75 Å². The second-order valence-corrected chi connectivity index (χ2v) is 7.20. The van der Waals surface area contributed by atoms with Crippen LogP contribution in [0.25, 0.3) is 0 Å². The van der Waals surface area contributed by atoms with Crippen molar-refractivity contribution in [1.29, 1.82) is 0 Å². The molecular formula is C15H18FN3O4S. The van der Waals surface area contributed by atoms with Gasteiger partial charge >= 0.3 is 10.5 Å². The van der Waals surface area contributed by atoms with Crippen LogP contribution in [-0.2, 0) is 23.0 Å². The molecule has 1 heterocycles. The summed E-state index contributed by atoms with van der Waals surface area (Å²) in [7, 11) is -3.31. The minimum Gasteiger partial charge on any atom is -0.358 e. The molecule has 0 atom stereocenters. The van der Waals surface area contributed by atoms with Gasteiger partial charge in [-0.05, 0) is 30.3 Å². The fraction of sp³-hybridized carbons (Fsp3) is 0.333. The lowest BCUT2D eigenvalue weighted by atomic mass is 9.92. The second-order valence-electron chi connectivity index (χ2n) is 6.24. The van der Waals surface area contributed by atoms with E-state index in [4.69, 9.17) is 0 Å². The maximum atomic E-state index is 12.4. The lowest BCUT2D eigenvalue weighted by Crippen LogP contribution is -2.16. The van der Waals surface area contributed by atoms with Gasteiger partial charge in [-0.1, -0.05) is 24.7 Å². The maximum Gasteiger partial charge on any atom is 0.488 e. The molecule has 0 radical (unpaired) electrons. The van der Waals surface area contributed by atoms with Crippen molar-refractivity contribution in [3.63, 3.8) is 0 Å². The van der Waals surface area contributed by atoms with Crippen LogP contribution in [0.4, 0.5) is 9.57 Å². The third kappa shape index (κ3) is 4.54. The molecule has 130 valence electrons. The molecule has 0 aliphatic carbocycles. The molecule has 0 aliphatic rings. The van der Waals surface area contributed by atoms with Crippen LogP contribution >= 0.6 is 0 Å². The Balaban J connectivity index is 2.13. The van der Waals surface area contributed by atoms with Gasteiger partial charge in [0.05, 0.1) is 0 Å². The summed E-state index contributed by atoms with van der Waals surface area (Å²) < 4.78 is 38.9. The van der Waals surface area contributed by atoms with Gasteiger partial charge < -0.3 is 9.50 Å². The van der Waals surface area contributed by atoms with E-state index in [2.05, 4.69) is 14.6 Å². The van der Waals surface area contributed by atoms with Crippen LogP contribution in [0.1, 0.15) is 37.0 Å². The van der Waals surface area contributed by atoms with E-state index >= 15 is 0 Å². The van der Waals surface area contributed by atoms with Crippen LogP contribution < -0.4 is 9.50 Å². The topological polar surface area (TPSA) is 90.3 Å². The number of nitrogens with zero attached hydrogens (tertiary/aromatic N) is 2. The summed E-state index contributed by atoms with van der Waals surface area (Å²) in [5.41, 5.74) is 1.40. The normalized spacial score (nSPS) is 12.0. The summed E-state index contributed by atoms with van der Waals surface area (Å²) in [6, 6.07) is 6.96. The predicted molar refractivity (Wildman–Crippen MR) is 87.0 cm³/mol. The molecular weight excluding hydrogens is 337 g/mol. The van der Waals surface area contributed by atoms with Crippen molar-refractivity contribution >= 4 is 22.1 Å². The molecule has 2 aromatic rings. The van der Waals surface area contributed by atoms with Crippen LogP contribution in [0.3, 0.4) is 0 Å². The molecule has 0 saturated carbocycles. The van der Waals surface area contributed by atoms with Gasteiger partial charge in [-0.3, -0.25) is 9.48 Å². The number of halogens is 1. The quantitative estimate of drug-likeness (QED) is 0.851. The molecule has 1 amide bonds. The first-order valence-corrected chi connectivity index (χ1v) is 8.36. The van der Waals surface area contributed by atoms with Crippen LogP contribution in [0, 0.1) is 0 Å². The zero-order valence-corrected chi connectivity index (χ0v) is 14.5. The number of rotatable bonds is 4. The number of amides is 1. The number of nitrogens with one attached hydrogen (secondary N) is 1. The Kier molecular flexibility index (Phi) is 4.66. The average molecular weight is 355 g/mol. The average Bonchev–Trinajstić information content (AvgIpc) is 2.81. The first kappa shape index (κ1) is 17.9. The summed E-state index contributed by atoms with van der Waals surface area (Å²) in [6.07, 6.45) is 0. The van der Waals surface area contributed by atoms with E-state index in [1.165, 1.54) is 24.3 Å². The number of aromatic nitrogens is 2. The van der Waals surface area contributed by atoms with Crippen molar-refractivity contribution in [3.05, 3.63) is 41.7 Å². The highest BCUT2D eigenvalue weighted by molar-refractivity contribution is 7.81. The lowest BCUT2D eigenvalue weighted by Gasteiger charge is -2.17. The van der Waals surface area contributed by atoms with Gasteiger partial charge in [-0.2, -0.15) is 13.5 Å². The smallest absolute Gasteiger partial charge is 0.358 e. The first-order chi connectivity index (χ1) is 11.0. The Morgan fingerprint density at radius 2 is 1.83 bits per heavy atom. The Labute approximate surface area is 139 Å². The lowest BCUT2D eigenvalue weighted by molar-refractivity contribution is 0.102. The zero-order valence-electron chi connectivity index (χ0n) is 13.7. The Morgan fingerprint density at radius 1 is 1.25 bits per heavy atom. The van der Waals surface area contributed by atoms with Crippen molar-refractivity contribution in [1.82, 2.24) is 9.78 Å². The van der Waals surface area contributed by atoms with E-state index in [1.54, 1.807) is 17.8 Å². The second kappa shape index (κ2) is 6.23. The molecule has 0 saturated heterocycles. The third-order valence-electron chi connectivity index (χ3n) is 3.19. The van der Waals surface area contributed by atoms with E-state index in [1.807, 2.05) is 20.8 Å². The largest absolute Gasteiger partial charge is 0.488 e. The summed E-state index contributed by atoms with van der Waals surface area (Å²) >= 11 is 0. The van der Waals surface area contributed by atoms with Crippen molar-refractivity contribution in [2.24, 2.45) is 7.05 Å². The zero-order chi connectivity index (χ0) is 18.1. The van der Waals surface area contributed by atoms with Gasteiger partial charge in [0.25, 0.3) is 5.91 Å². The number of carbonyl (C=O) groups is 1. The fourth-order valence-electron chi connectivity index (χ4n) is 2.18. The monoisotopic (exact) mass is 355 g/mol. The molecule has 2 rings (SSSR count). The Morgan fingerprint density at radius 3 is 2.29 bits per heavy atom. The third-order valence-corrected chi connectivity index (χ3v) is 3.58. The SMILES string of the molecule is Cn1nc(C(=O)Nc2ccc(OS(=O)(=O)F)cc2)cc1C(C)(C)C. The summed E-state index contributed by atoms with van der Waals surface area (Å²) in [6.45, 7) is 6.05. The molecule has 24 heavy (non-hydrogen) atoms. The van der Waals surface area contributed by atoms with Crippen molar-refractivity contribution in [3.8, 4) is 5.75 Å². The minimum atomic E-state index is -5.07. The van der Waals surface area contributed by atoms with Crippen molar-refractivity contribution in [2.75, 3.05) is 5.32 Å². The van der Waals surface area contributed by atoms with Gasteiger partial charge in [0.15, 0.2) is 5.69 Å². The van der Waals surface area contributed by atoms with Gasteiger partial charge in [-0.15, -0.1) is 0 Å². The van der Waals surface area contributed by atoms with Gasteiger partial charge in [0.1, 0.15) is 5.75 Å². The summed E-state index contributed by atoms with van der Waals surface area (Å²) in [5, 5.41) is 6.82. The number of aryl methyl sites for hydroxylation is 1. The number of hydrogen-bond donors (Lipinski definition) is 1. The highest BCUT2D eigenvalue weighted by Crippen LogP contribution is 2.23. The van der Waals surface area contributed by atoms with Gasteiger partial charge in [0.2, 0.25) is 0 Å². The van der Waals surface area contributed by atoms with Crippen LogP contribution in [0.15, 0.2) is 30.3 Å². The molecule has 9 heteroatoms. The van der Waals surface area contributed by atoms with Crippen molar-refractivity contribution < 1.29 is 21.3 Å². The van der Waals surface area contributed by atoms with Crippen LogP contribution in [-0.4, -0.2) is 24.1 Å². The molecule has 1 aromatic carbocycles. The number of carbonyl (C=O) groups excluding carboxylic acids is 1. The van der Waals surface area contributed by atoms with E-state index < -0.39 is 16.4 Å². The number of hydrogen-bond acceptors (Lipinski definition) is 5. The minimum absolute atomic E-state index is 0.156. The molecule has 1 N–H and O–H groups in total. The van der Waals surface area contributed by atoms with Gasteiger partial charge in [-0.25, -0.2) is 0 Å². The standard InChI is InChI=1S/C15H18FN3O4S/c1-15(2,3)13-9-12(18-19(13)4)14(20)17-10-5-7-11(8-6-10)23-24(16,21)22/h5-9H,1-4H3,(H,17,20).